The molecule has 1 saturated heterocycles. The van der Waals surface area contributed by atoms with Gasteiger partial charge < -0.3 is 10.1 Å². The topological polar surface area (TPSA) is 58.6 Å². The molecular formula is C21H20N2O3. The molecule has 0 bridgehead atoms. The maximum absolute atomic E-state index is 12.6. The van der Waals surface area contributed by atoms with Crippen molar-refractivity contribution in [3.05, 3.63) is 83.6 Å². The van der Waals surface area contributed by atoms with Gasteiger partial charge in [0.1, 0.15) is 18.1 Å². The van der Waals surface area contributed by atoms with Crippen LogP contribution >= 0.6 is 0 Å². The molecule has 132 valence electrons. The van der Waals surface area contributed by atoms with E-state index in [9.17, 15) is 9.59 Å². The lowest BCUT2D eigenvalue weighted by molar-refractivity contribution is -0.123. The molecule has 3 amide bonds. The summed E-state index contributed by atoms with van der Waals surface area (Å²) in [6.45, 7) is 6.26. The molecule has 5 nitrogen and oxygen atoms in total. The van der Waals surface area contributed by atoms with Crippen LogP contribution in [0.2, 0.25) is 0 Å². The first kappa shape index (κ1) is 17.5. The SMILES string of the molecule is C=CCOc1ccc(/C=C2/NC(=O)N(Cc3cccc(C)c3)C2=O)cc1. The van der Waals surface area contributed by atoms with Crippen LogP contribution in [0.15, 0.2) is 66.9 Å². The van der Waals surface area contributed by atoms with Gasteiger partial charge in [-0.1, -0.05) is 54.6 Å². The number of benzene rings is 2. The van der Waals surface area contributed by atoms with Gasteiger partial charge in [-0.25, -0.2) is 4.79 Å². The van der Waals surface area contributed by atoms with Crippen LogP contribution in [0.4, 0.5) is 4.79 Å². The highest BCUT2D eigenvalue weighted by atomic mass is 16.5. The number of hydrogen-bond donors (Lipinski definition) is 1. The van der Waals surface area contributed by atoms with Crippen molar-refractivity contribution in [2.45, 2.75) is 13.5 Å². The van der Waals surface area contributed by atoms with Crippen molar-refractivity contribution < 1.29 is 14.3 Å². The fraction of sp³-hybridized carbons (Fsp3) is 0.143. The third-order valence-electron chi connectivity index (χ3n) is 3.94. The second-order valence-corrected chi connectivity index (χ2v) is 6.04. The molecule has 2 aromatic rings. The Labute approximate surface area is 152 Å². The number of carbonyl (C=O) groups excluding carboxylic acids is 2. The molecule has 0 spiro atoms. The fourth-order valence-corrected chi connectivity index (χ4v) is 2.69. The van der Waals surface area contributed by atoms with E-state index < -0.39 is 6.03 Å². The maximum atomic E-state index is 12.6. The Morgan fingerprint density at radius 1 is 1.15 bits per heavy atom. The van der Waals surface area contributed by atoms with Gasteiger partial charge in [0.15, 0.2) is 0 Å². The lowest BCUT2D eigenvalue weighted by Crippen LogP contribution is -2.30. The van der Waals surface area contributed by atoms with Gasteiger partial charge in [0.05, 0.1) is 6.54 Å². The molecule has 5 heteroatoms. The van der Waals surface area contributed by atoms with E-state index in [4.69, 9.17) is 4.74 Å². The van der Waals surface area contributed by atoms with E-state index in [2.05, 4.69) is 11.9 Å². The molecule has 3 rings (SSSR count). The molecule has 1 aliphatic heterocycles. The summed E-state index contributed by atoms with van der Waals surface area (Å²) in [4.78, 5) is 25.9. The van der Waals surface area contributed by atoms with Gasteiger partial charge in [0, 0.05) is 0 Å². The number of urea groups is 1. The van der Waals surface area contributed by atoms with Crippen LogP contribution in [-0.4, -0.2) is 23.4 Å². The van der Waals surface area contributed by atoms with Crippen molar-refractivity contribution in [1.82, 2.24) is 10.2 Å². The molecule has 1 N–H and O–H groups in total. The molecule has 0 aromatic heterocycles. The summed E-state index contributed by atoms with van der Waals surface area (Å²) < 4.78 is 5.43. The average molecular weight is 348 g/mol. The van der Waals surface area contributed by atoms with E-state index in [0.717, 1.165) is 22.4 Å². The van der Waals surface area contributed by atoms with Crippen LogP contribution in [0.1, 0.15) is 16.7 Å². The Kier molecular flexibility index (Phi) is 5.17. The van der Waals surface area contributed by atoms with E-state index in [0.29, 0.717) is 6.61 Å². The fourth-order valence-electron chi connectivity index (χ4n) is 2.69. The second kappa shape index (κ2) is 7.70. The normalized spacial score (nSPS) is 15.3. The summed E-state index contributed by atoms with van der Waals surface area (Å²) in [5.41, 5.74) is 3.07. The first-order valence-corrected chi connectivity index (χ1v) is 8.30. The molecule has 1 aliphatic rings. The number of nitrogens with zero attached hydrogens (tertiary/aromatic N) is 1. The van der Waals surface area contributed by atoms with E-state index in [1.807, 2.05) is 55.5 Å². The van der Waals surface area contributed by atoms with Gasteiger partial charge in [-0.05, 0) is 36.3 Å². The number of carbonyl (C=O) groups is 2. The van der Waals surface area contributed by atoms with Crippen molar-refractivity contribution in [3.8, 4) is 5.75 Å². The molecular weight excluding hydrogens is 328 g/mol. The smallest absolute Gasteiger partial charge is 0.329 e. The van der Waals surface area contributed by atoms with Crippen LogP contribution in [0, 0.1) is 6.92 Å². The van der Waals surface area contributed by atoms with Gasteiger partial charge in [0.2, 0.25) is 0 Å². The number of nitrogens with one attached hydrogen (secondary N) is 1. The summed E-state index contributed by atoms with van der Waals surface area (Å²) in [5, 5.41) is 2.64. The molecule has 2 aromatic carbocycles. The predicted octanol–water partition coefficient (Wildman–Crippen LogP) is 3.65. The molecule has 26 heavy (non-hydrogen) atoms. The van der Waals surface area contributed by atoms with E-state index in [1.165, 1.54) is 4.90 Å². The minimum atomic E-state index is -0.409. The number of aryl methyl sites for hydroxylation is 1. The highest BCUT2D eigenvalue weighted by Gasteiger charge is 2.33. The minimum Gasteiger partial charge on any atom is -0.490 e. The second-order valence-electron chi connectivity index (χ2n) is 6.04. The summed E-state index contributed by atoms with van der Waals surface area (Å²) in [6, 6.07) is 14.6. The molecule has 0 atom stereocenters. The van der Waals surface area contributed by atoms with Crippen molar-refractivity contribution >= 4 is 18.0 Å². The summed E-state index contributed by atoms with van der Waals surface area (Å²) in [5.74, 6) is 0.387. The minimum absolute atomic E-state index is 0.248. The third kappa shape index (κ3) is 4.00. The Bertz CT molecular complexity index is 869. The van der Waals surface area contributed by atoms with E-state index >= 15 is 0 Å². The number of imide groups is 1. The molecule has 1 fully saturated rings. The zero-order valence-electron chi connectivity index (χ0n) is 14.6. The number of rotatable bonds is 6. The zero-order valence-corrected chi connectivity index (χ0v) is 14.6. The number of hydrogen-bond acceptors (Lipinski definition) is 3. The maximum Gasteiger partial charge on any atom is 0.329 e. The molecule has 0 aliphatic carbocycles. The number of amides is 3. The largest absolute Gasteiger partial charge is 0.490 e. The predicted molar refractivity (Wildman–Crippen MR) is 100 cm³/mol. The lowest BCUT2D eigenvalue weighted by Gasteiger charge is -2.12. The van der Waals surface area contributed by atoms with Crippen molar-refractivity contribution in [1.29, 1.82) is 0 Å². The van der Waals surface area contributed by atoms with Crippen LogP contribution in [-0.2, 0) is 11.3 Å². The first-order valence-electron chi connectivity index (χ1n) is 8.30. The Balaban J connectivity index is 1.73. The number of ether oxygens (including phenoxy) is 1. The average Bonchev–Trinajstić information content (AvgIpc) is 2.89. The van der Waals surface area contributed by atoms with Gasteiger partial charge in [-0.15, -0.1) is 0 Å². The van der Waals surface area contributed by atoms with Crippen molar-refractivity contribution in [2.75, 3.05) is 6.61 Å². The van der Waals surface area contributed by atoms with Crippen LogP contribution in [0.5, 0.6) is 5.75 Å². The highest BCUT2D eigenvalue weighted by molar-refractivity contribution is 6.13. The quantitative estimate of drug-likeness (QED) is 0.492. The Morgan fingerprint density at radius 2 is 1.92 bits per heavy atom. The monoisotopic (exact) mass is 348 g/mol. The van der Waals surface area contributed by atoms with Crippen molar-refractivity contribution in [3.63, 3.8) is 0 Å². The van der Waals surface area contributed by atoms with Gasteiger partial charge >= 0.3 is 6.03 Å². The molecule has 1 heterocycles. The summed E-state index contributed by atoms with van der Waals surface area (Å²) >= 11 is 0. The third-order valence-corrected chi connectivity index (χ3v) is 3.94. The Hall–Kier alpha value is -3.34. The van der Waals surface area contributed by atoms with Crippen LogP contribution in [0.25, 0.3) is 6.08 Å². The van der Waals surface area contributed by atoms with Gasteiger partial charge in [0.25, 0.3) is 5.91 Å². The summed E-state index contributed by atoms with van der Waals surface area (Å²) in [7, 11) is 0. The lowest BCUT2D eigenvalue weighted by atomic mass is 10.1. The molecule has 0 saturated carbocycles. The highest BCUT2D eigenvalue weighted by Crippen LogP contribution is 2.19. The first-order chi connectivity index (χ1) is 12.6. The van der Waals surface area contributed by atoms with Gasteiger partial charge in [-0.3, -0.25) is 9.69 Å². The standard InChI is InChI=1S/C21H20N2O3/c1-3-11-26-18-9-7-16(8-10-18)13-19-20(24)23(21(25)22-19)14-17-6-4-5-15(2)12-17/h3-10,12-13H,1,11,14H2,2H3,(H,22,25)/b19-13+. The summed E-state index contributed by atoms with van der Waals surface area (Å²) in [6.07, 6.45) is 3.33. The van der Waals surface area contributed by atoms with E-state index in [1.54, 1.807) is 12.2 Å². The molecule has 0 unspecified atom stereocenters. The van der Waals surface area contributed by atoms with E-state index in [-0.39, 0.29) is 18.1 Å². The van der Waals surface area contributed by atoms with Crippen molar-refractivity contribution in [2.24, 2.45) is 0 Å². The van der Waals surface area contributed by atoms with Crippen LogP contribution < -0.4 is 10.1 Å². The van der Waals surface area contributed by atoms with Gasteiger partial charge in [-0.2, -0.15) is 0 Å². The Morgan fingerprint density at radius 3 is 2.62 bits per heavy atom. The zero-order chi connectivity index (χ0) is 18.5. The van der Waals surface area contributed by atoms with Crippen LogP contribution in [0.3, 0.4) is 0 Å². The molecule has 0 radical (unpaired) electrons.